The van der Waals surface area contributed by atoms with E-state index in [0.29, 0.717) is 18.0 Å². The van der Waals surface area contributed by atoms with E-state index < -0.39 is 0 Å². The fraction of sp³-hybridized carbons (Fsp3) is 0.500. The third-order valence-electron chi connectivity index (χ3n) is 4.57. The summed E-state index contributed by atoms with van der Waals surface area (Å²) in [5.41, 5.74) is 5.55. The number of anilines is 1. The van der Waals surface area contributed by atoms with Crippen molar-refractivity contribution in [2.45, 2.75) is 45.4 Å². The Morgan fingerprint density at radius 2 is 2.00 bits per heavy atom. The van der Waals surface area contributed by atoms with Gasteiger partial charge in [-0.25, -0.2) is 0 Å². The second kappa shape index (κ2) is 11.4. The third kappa shape index (κ3) is 6.92. The Morgan fingerprint density at radius 3 is 2.64 bits per heavy atom. The molecule has 0 bridgehead atoms. The minimum absolute atomic E-state index is 0.171. The molecule has 0 atom stereocenters. The summed E-state index contributed by atoms with van der Waals surface area (Å²) in [6.45, 7) is 3.41. The average molecular weight is 405 g/mol. The maximum Gasteiger partial charge on any atom is 0.305 e. The molecule has 0 aliphatic carbocycles. The number of nitrogens with zero attached hydrogens (tertiary/aromatic N) is 2. The maximum atomic E-state index is 11.8. The lowest BCUT2D eigenvalue weighted by Crippen LogP contribution is -2.33. The van der Waals surface area contributed by atoms with Gasteiger partial charge in [0.1, 0.15) is 0 Å². The van der Waals surface area contributed by atoms with Crippen LogP contribution in [-0.4, -0.2) is 42.9 Å². The molecule has 0 spiro atoms. The predicted molar refractivity (Wildman–Crippen MR) is 114 cm³/mol. The Hall–Kier alpha value is -2.48. The number of esters is 1. The van der Waals surface area contributed by atoms with Crippen molar-refractivity contribution in [1.82, 2.24) is 10.7 Å². The SMILES string of the molecule is COC(=O)CCCCCNC(=S)N/N=C(/C)c1ccc(N2CCCC2=O)cc1. The highest BCUT2D eigenvalue weighted by Crippen LogP contribution is 2.21. The molecule has 152 valence electrons. The third-order valence-corrected chi connectivity index (χ3v) is 4.80. The van der Waals surface area contributed by atoms with Crippen LogP contribution in [0.5, 0.6) is 0 Å². The number of nitrogens with one attached hydrogen (secondary N) is 2. The zero-order chi connectivity index (χ0) is 20.4. The van der Waals surface area contributed by atoms with E-state index in [0.717, 1.165) is 55.7 Å². The van der Waals surface area contributed by atoms with E-state index in [4.69, 9.17) is 12.2 Å². The molecule has 0 unspecified atom stereocenters. The number of amides is 1. The van der Waals surface area contributed by atoms with Gasteiger partial charge in [-0.1, -0.05) is 18.6 Å². The van der Waals surface area contributed by atoms with Crippen LogP contribution in [0, 0.1) is 0 Å². The topological polar surface area (TPSA) is 83.0 Å². The second-order valence-corrected chi connectivity index (χ2v) is 7.06. The molecular formula is C20H28N4O3S. The van der Waals surface area contributed by atoms with Gasteiger partial charge in [0.2, 0.25) is 5.91 Å². The summed E-state index contributed by atoms with van der Waals surface area (Å²) in [7, 11) is 1.40. The number of thiocarbonyl (C=S) groups is 1. The molecule has 8 heteroatoms. The zero-order valence-corrected chi connectivity index (χ0v) is 17.3. The molecule has 1 amide bonds. The monoisotopic (exact) mass is 404 g/mol. The standard InChI is InChI=1S/C20H28N4O3S/c1-15(16-9-11-17(12-10-16)24-14-6-7-18(24)25)22-23-20(28)21-13-5-3-4-8-19(26)27-2/h9-12H,3-8,13-14H2,1-2H3,(H2,21,23,28)/b22-15-. The Morgan fingerprint density at radius 1 is 1.25 bits per heavy atom. The highest BCUT2D eigenvalue weighted by Gasteiger charge is 2.21. The van der Waals surface area contributed by atoms with Gasteiger partial charge in [-0.15, -0.1) is 0 Å². The Balaban J connectivity index is 1.70. The molecule has 28 heavy (non-hydrogen) atoms. The first-order valence-corrected chi connectivity index (χ1v) is 9.98. The molecule has 2 N–H and O–H groups in total. The summed E-state index contributed by atoms with van der Waals surface area (Å²) in [4.78, 5) is 24.6. The van der Waals surface area contributed by atoms with Gasteiger partial charge in [-0.2, -0.15) is 5.10 Å². The van der Waals surface area contributed by atoms with Crippen LogP contribution in [0.25, 0.3) is 0 Å². The molecule has 1 aromatic rings. The maximum absolute atomic E-state index is 11.8. The van der Waals surface area contributed by atoms with E-state index in [-0.39, 0.29) is 11.9 Å². The van der Waals surface area contributed by atoms with Crippen molar-refractivity contribution in [2.75, 3.05) is 25.1 Å². The number of rotatable bonds is 9. The smallest absolute Gasteiger partial charge is 0.305 e. The molecule has 1 aliphatic rings. The highest BCUT2D eigenvalue weighted by atomic mass is 32.1. The van der Waals surface area contributed by atoms with Gasteiger partial charge in [-0.05, 0) is 56.1 Å². The lowest BCUT2D eigenvalue weighted by Gasteiger charge is -2.16. The summed E-state index contributed by atoms with van der Waals surface area (Å²) in [6.07, 6.45) is 4.65. The molecule has 1 saturated heterocycles. The van der Waals surface area contributed by atoms with Crippen molar-refractivity contribution >= 4 is 40.6 Å². The Kier molecular flexibility index (Phi) is 8.87. The van der Waals surface area contributed by atoms with Crippen LogP contribution in [0.1, 0.15) is 51.0 Å². The molecule has 2 rings (SSSR count). The molecule has 1 fully saturated rings. The molecule has 0 radical (unpaired) electrons. The van der Waals surface area contributed by atoms with Crippen LogP contribution in [0.15, 0.2) is 29.4 Å². The average Bonchev–Trinajstić information content (AvgIpc) is 3.14. The van der Waals surface area contributed by atoms with Gasteiger partial charge >= 0.3 is 5.97 Å². The second-order valence-electron chi connectivity index (χ2n) is 6.65. The van der Waals surface area contributed by atoms with Crippen molar-refractivity contribution in [2.24, 2.45) is 5.10 Å². The van der Waals surface area contributed by atoms with Gasteiger partial charge < -0.3 is 15.0 Å². The number of hydrazone groups is 1. The van der Waals surface area contributed by atoms with Gasteiger partial charge in [-0.3, -0.25) is 15.0 Å². The lowest BCUT2D eigenvalue weighted by atomic mass is 10.1. The van der Waals surface area contributed by atoms with E-state index in [1.165, 1.54) is 7.11 Å². The van der Waals surface area contributed by atoms with E-state index in [9.17, 15) is 9.59 Å². The lowest BCUT2D eigenvalue weighted by molar-refractivity contribution is -0.140. The largest absolute Gasteiger partial charge is 0.469 e. The van der Waals surface area contributed by atoms with Crippen LogP contribution < -0.4 is 15.6 Å². The Labute approximate surface area is 171 Å². The van der Waals surface area contributed by atoms with Crippen LogP contribution in [-0.2, 0) is 14.3 Å². The van der Waals surface area contributed by atoms with Gasteiger partial charge in [0.05, 0.1) is 12.8 Å². The molecule has 1 heterocycles. The predicted octanol–water partition coefficient (Wildman–Crippen LogP) is 2.73. The van der Waals surface area contributed by atoms with E-state index >= 15 is 0 Å². The first-order chi connectivity index (χ1) is 13.5. The van der Waals surface area contributed by atoms with Crippen molar-refractivity contribution in [3.8, 4) is 0 Å². The van der Waals surface area contributed by atoms with Crippen LogP contribution in [0.3, 0.4) is 0 Å². The number of methoxy groups -OCH3 is 1. The number of carbonyl (C=O) groups excluding carboxylic acids is 2. The fourth-order valence-corrected chi connectivity index (χ4v) is 3.07. The minimum Gasteiger partial charge on any atom is -0.469 e. The minimum atomic E-state index is -0.171. The highest BCUT2D eigenvalue weighted by molar-refractivity contribution is 7.80. The first kappa shape index (κ1) is 21.8. The fourth-order valence-electron chi connectivity index (χ4n) is 2.92. The molecular weight excluding hydrogens is 376 g/mol. The number of hydrogen-bond acceptors (Lipinski definition) is 5. The quantitative estimate of drug-likeness (QED) is 0.217. The van der Waals surface area contributed by atoms with Gasteiger partial charge in [0.25, 0.3) is 0 Å². The van der Waals surface area contributed by atoms with Crippen LogP contribution in [0.2, 0.25) is 0 Å². The van der Waals surface area contributed by atoms with E-state index in [1.54, 1.807) is 0 Å². The zero-order valence-electron chi connectivity index (χ0n) is 16.5. The molecule has 1 aliphatic heterocycles. The molecule has 0 aromatic heterocycles. The summed E-state index contributed by atoms with van der Waals surface area (Å²) in [5.74, 6) is 0.0107. The summed E-state index contributed by atoms with van der Waals surface area (Å²) >= 11 is 5.22. The van der Waals surface area contributed by atoms with Crippen molar-refractivity contribution in [1.29, 1.82) is 0 Å². The molecule has 1 aromatic carbocycles. The number of carbonyl (C=O) groups is 2. The summed E-state index contributed by atoms with van der Waals surface area (Å²) in [5, 5.41) is 7.87. The number of hydrogen-bond donors (Lipinski definition) is 2. The van der Waals surface area contributed by atoms with Gasteiger partial charge in [0.15, 0.2) is 5.11 Å². The van der Waals surface area contributed by atoms with Crippen LogP contribution in [0.4, 0.5) is 5.69 Å². The van der Waals surface area contributed by atoms with E-state index in [1.807, 2.05) is 36.1 Å². The van der Waals surface area contributed by atoms with Gasteiger partial charge in [0, 0.05) is 31.6 Å². The summed E-state index contributed by atoms with van der Waals surface area (Å²) in [6, 6.07) is 7.81. The van der Waals surface area contributed by atoms with Crippen molar-refractivity contribution in [3.63, 3.8) is 0 Å². The molecule has 7 nitrogen and oxygen atoms in total. The number of ether oxygens (including phenoxy) is 1. The van der Waals surface area contributed by atoms with Crippen molar-refractivity contribution < 1.29 is 14.3 Å². The van der Waals surface area contributed by atoms with Crippen LogP contribution >= 0.6 is 12.2 Å². The normalized spacial score (nSPS) is 14.1. The number of benzene rings is 1. The Bertz CT molecular complexity index is 719. The van der Waals surface area contributed by atoms with Crippen molar-refractivity contribution in [3.05, 3.63) is 29.8 Å². The summed E-state index contributed by atoms with van der Waals surface area (Å²) < 4.78 is 4.61. The molecule has 0 saturated carbocycles. The number of unbranched alkanes of at least 4 members (excludes halogenated alkanes) is 2. The first-order valence-electron chi connectivity index (χ1n) is 9.57. The van der Waals surface area contributed by atoms with E-state index in [2.05, 4.69) is 20.6 Å².